The van der Waals surface area contributed by atoms with Gasteiger partial charge in [-0.25, -0.2) is 9.78 Å². The van der Waals surface area contributed by atoms with Crippen molar-refractivity contribution < 1.29 is 14.7 Å². The number of anilines is 1. The lowest BCUT2D eigenvalue weighted by Gasteiger charge is -2.08. The van der Waals surface area contributed by atoms with E-state index in [0.29, 0.717) is 10.0 Å². The number of hydrogen-bond acceptors (Lipinski definition) is 3. The van der Waals surface area contributed by atoms with E-state index in [1.54, 1.807) is 13.0 Å². The molecular weight excluding hydrogens is 305 g/mol. The number of hydrogen-bond donors (Lipinski definition) is 3. The molecule has 0 aliphatic heterocycles. The van der Waals surface area contributed by atoms with Gasteiger partial charge in [-0.05, 0) is 24.6 Å². The fourth-order valence-electron chi connectivity index (χ4n) is 1.55. The number of carbonyl (C=O) groups is 2. The number of benzene rings is 1. The molecular formula is C12H9Cl2N3O3. The average molecular weight is 314 g/mol. The molecule has 0 saturated heterocycles. The number of carboxylic acids is 1. The zero-order valence-corrected chi connectivity index (χ0v) is 11.7. The molecule has 0 aliphatic rings. The zero-order chi connectivity index (χ0) is 14.9. The molecule has 104 valence electrons. The topological polar surface area (TPSA) is 95.1 Å². The molecule has 1 amide bonds. The zero-order valence-electron chi connectivity index (χ0n) is 10.2. The number of nitrogens with one attached hydrogen (secondary N) is 2. The average Bonchev–Trinajstić information content (AvgIpc) is 2.85. The normalized spacial score (nSPS) is 10.3. The highest BCUT2D eigenvalue weighted by Gasteiger charge is 2.20. The molecule has 2 rings (SSSR count). The van der Waals surface area contributed by atoms with Gasteiger partial charge in [0.1, 0.15) is 0 Å². The summed E-state index contributed by atoms with van der Waals surface area (Å²) < 4.78 is 0. The molecule has 8 heteroatoms. The van der Waals surface area contributed by atoms with Crippen LogP contribution in [0.1, 0.15) is 26.5 Å². The lowest BCUT2D eigenvalue weighted by Crippen LogP contribution is -2.16. The molecule has 0 atom stereocenters. The van der Waals surface area contributed by atoms with Gasteiger partial charge in [0.2, 0.25) is 0 Å². The monoisotopic (exact) mass is 313 g/mol. The van der Waals surface area contributed by atoms with Crippen molar-refractivity contribution in [1.82, 2.24) is 9.97 Å². The molecule has 0 aliphatic carbocycles. The second kappa shape index (κ2) is 5.52. The Morgan fingerprint density at radius 2 is 2.00 bits per heavy atom. The third-order valence-electron chi connectivity index (χ3n) is 2.56. The lowest BCUT2D eigenvalue weighted by atomic mass is 10.2. The third-order valence-corrected chi connectivity index (χ3v) is 3.28. The van der Waals surface area contributed by atoms with Crippen LogP contribution in [0.2, 0.25) is 10.0 Å². The number of imidazole rings is 1. The van der Waals surface area contributed by atoms with E-state index < -0.39 is 11.9 Å². The fourth-order valence-corrected chi connectivity index (χ4v) is 1.98. The van der Waals surface area contributed by atoms with Crippen LogP contribution in [0.4, 0.5) is 5.69 Å². The van der Waals surface area contributed by atoms with E-state index in [1.165, 1.54) is 6.07 Å². The van der Waals surface area contributed by atoms with E-state index >= 15 is 0 Å². The van der Waals surface area contributed by atoms with E-state index in [-0.39, 0.29) is 17.1 Å². The van der Waals surface area contributed by atoms with Crippen molar-refractivity contribution in [3.63, 3.8) is 0 Å². The Morgan fingerprint density at radius 3 is 2.65 bits per heavy atom. The Labute approximate surface area is 123 Å². The van der Waals surface area contributed by atoms with Crippen LogP contribution < -0.4 is 5.32 Å². The molecule has 1 aromatic heterocycles. The van der Waals surface area contributed by atoms with Gasteiger partial charge in [0.05, 0.1) is 17.0 Å². The maximum atomic E-state index is 12.0. The number of aromatic amines is 1. The number of halogens is 2. The molecule has 2 aromatic rings. The minimum Gasteiger partial charge on any atom is -0.477 e. The number of carboxylic acid groups (broad SMARTS) is 1. The van der Waals surface area contributed by atoms with E-state index in [1.807, 2.05) is 0 Å². The Hall–Kier alpha value is -2.05. The molecule has 0 bridgehead atoms. The molecule has 0 radical (unpaired) electrons. The molecule has 20 heavy (non-hydrogen) atoms. The van der Waals surface area contributed by atoms with Crippen molar-refractivity contribution in [2.45, 2.75) is 6.92 Å². The van der Waals surface area contributed by atoms with Crippen LogP contribution in [-0.2, 0) is 0 Å². The van der Waals surface area contributed by atoms with Crippen LogP contribution >= 0.6 is 23.2 Å². The smallest absolute Gasteiger partial charge is 0.354 e. The summed E-state index contributed by atoms with van der Waals surface area (Å²) in [6.07, 6.45) is 1.13. The van der Waals surface area contributed by atoms with Crippen LogP contribution in [0.25, 0.3) is 0 Å². The van der Waals surface area contributed by atoms with Crippen molar-refractivity contribution >= 4 is 40.8 Å². The summed E-state index contributed by atoms with van der Waals surface area (Å²) in [6, 6.07) is 3.09. The minimum atomic E-state index is -1.28. The van der Waals surface area contributed by atoms with Crippen molar-refractivity contribution in [2.75, 3.05) is 5.32 Å². The Kier molecular flexibility index (Phi) is 3.96. The second-order valence-electron chi connectivity index (χ2n) is 3.97. The molecule has 6 nitrogen and oxygen atoms in total. The lowest BCUT2D eigenvalue weighted by molar-refractivity contribution is 0.0686. The van der Waals surface area contributed by atoms with Crippen molar-refractivity contribution in [2.24, 2.45) is 0 Å². The third kappa shape index (κ3) is 2.76. The maximum Gasteiger partial charge on any atom is 0.354 e. The van der Waals surface area contributed by atoms with E-state index in [2.05, 4.69) is 15.3 Å². The summed E-state index contributed by atoms with van der Waals surface area (Å²) in [5.74, 6) is -1.97. The molecule has 0 spiro atoms. The first-order valence-electron chi connectivity index (χ1n) is 5.44. The minimum absolute atomic E-state index is 0.231. The highest BCUT2D eigenvalue weighted by atomic mass is 35.5. The Bertz CT molecular complexity index is 697. The number of amides is 1. The van der Waals surface area contributed by atoms with Crippen LogP contribution in [0.3, 0.4) is 0 Å². The Morgan fingerprint density at radius 1 is 1.30 bits per heavy atom. The van der Waals surface area contributed by atoms with Gasteiger partial charge in [0.15, 0.2) is 11.4 Å². The maximum absolute atomic E-state index is 12.0. The van der Waals surface area contributed by atoms with Crippen LogP contribution in [0.15, 0.2) is 18.5 Å². The second-order valence-corrected chi connectivity index (χ2v) is 4.78. The van der Waals surface area contributed by atoms with Crippen LogP contribution in [0.5, 0.6) is 0 Å². The number of carbonyl (C=O) groups excluding carboxylic acids is 1. The number of rotatable bonds is 3. The molecule has 0 unspecified atom stereocenters. The van der Waals surface area contributed by atoms with E-state index in [0.717, 1.165) is 11.9 Å². The van der Waals surface area contributed by atoms with Crippen LogP contribution in [0, 0.1) is 6.92 Å². The highest BCUT2D eigenvalue weighted by Crippen LogP contribution is 2.29. The first kappa shape index (κ1) is 14.4. The van der Waals surface area contributed by atoms with Crippen molar-refractivity contribution in [3.05, 3.63) is 45.5 Å². The van der Waals surface area contributed by atoms with Gasteiger partial charge < -0.3 is 15.4 Å². The molecule has 0 saturated carbocycles. The summed E-state index contributed by atoms with van der Waals surface area (Å²) >= 11 is 11.9. The highest BCUT2D eigenvalue weighted by molar-refractivity contribution is 6.36. The predicted molar refractivity (Wildman–Crippen MR) is 74.7 cm³/mol. The van der Waals surface area contributed by atoms with Gasteiger partial charge in [-0.1, -0.05) is 23.2 Å². The number of aryl methyl sites for hydroxylation is 1. The van der Waals surface area contributed by atoms with E-state index in [9.17, 15) is 9.59 Å². The number of aromatic carboxylic acids is 1. The first-order valence-corrected chi connectivity index (χ1v) is 6.19. The van der Waals surface area contributed by atoms with Crippen molar-refractivity contribution in [1.29, 1.82) is 0 Å². The quantitative estimate of drug-likeness (QED) is 0.811. The molecule has 1 heterocycles. The summed E-state index contributed by atoms with van der Waals surface area (Å²) in [5, 5.41) is 12.1. The summed E-state index contributed by atoms with van der Waals surface area (Å²) in [7, 11) is 0. The Balaban J connectivity index is 2.30. The summed E-state index contributed by atoms with van der Waals surface area (Å²) in [6.45, 7) is 1.77. The number of nitrogens with zero attached hydrogens (tertiary/aromatic N) is 1. The predicted octanol–water partition coefficient (Wildman–Crippen LogP) is 2.98. The van der Waals surface area contributed by atoms with Gasteiger partial charge >= 0.3 is 5.97 Å². The van der Waals surface area contributed by atoms with Gasteiger partial charge in [0.25, 0.3) is 5.91 Å². The summed E-state index contributed by atoms with van der Waals surface area (Å²) in [5.41, 5.74) is 0.523. The van der Waals surface area contributed by atoms with Gasteiger partial charge in [0, 0.05) is 5.02 Å². The fraction of sp³-hybridized carbons (Fsp3) is 0.0833. The standard InChI is InChI=1S/C12H9Cl2N3O3/c1-5-2-7(14)8(3-6(5)13)17-11(18)9-10(12(19)20)16-4-15-9/h2-4H,1H3,(H,15,16)(H,17,18)(H,19,20). The number of H-pyrrole nitrogens is 1. The number of aromatic nitrogens is 2. The largest absolute Gasteiger partial charge is 0.477 e. The van der Waals surface area contributed by atoms with Crippen LogP contribution in [-0.4, -0.2) is 27.0 Å². The molecule has 1 aromatic carbocycles. The first-order chi connectivity index (χ1) is 9.40. The SMILES string of the molecule is Cc1cc(Cl)c(NC(=O)c2nc[nH]c2C(=O)O)cc1Cl. The van der Waals surface area contributed by atoms with Gasteiger partial charge in [-0.15, -0.1) is 0 Å². The van der Waals surface area contributed by atoms with Crippen molar-refractivity contribution in [3.8, 4) is 0 Å². The van der Waals surface area contributed by atoms with E-state index in [4.69, 9.17) is 28.3 Å². The van der Waals surface area contributed by atoms with Gasteiger partial charge in [-0.3, -0.25) is 4.79 Å². The molecule has 3 N–H and O–H groups in total. The molecule has 0 fully saturated rings. The summed E-state index contributed by atoms with van der Waals surface area (Å²) in [4.78, 5) is 29.0. The van der Waals surface area contributed by atoms with Gasteiger partial charge in [-0.2, -0.15) is 0 Å².